The predicted molar refractivity (Wildman–Crippen MR) is 91.2 cm³/mol. The molecule has 1 aliphatic rings. The van der Waals surface area contributed by atoms with Crippen LogP contribution in [-0.2, 0) is 9.59 Å². The van der Waals surface area contributed by atoms with E-state index in [0.29, 0.717) is 18.6 Å². The van der Waals surface area contributed by atoms with E-state index in [2.05, 4.69) is 33.4 Å². The molecule has 0 aliphatic heterocycles. The molecule has 0 radical (unpaired) electrons. The lowest BCUT2D eigenvalue weighted by atomic mass is 10.1. The highest BCUT2D eigenvalue weighted by Crippen LogP contribution is 2.29. The maximum Gasteiger partial charge on any atom is 0.306 e. The van der Waals surface area contributed by atoms with Crippen molar-refractivity contribution < 1.29 is 14.7 Å². The first kappa shape index (κ1) is 17.3. The maximum atomic E-state index is 12.0. The van der Waals surface area contributed by atoms with Gasteiger partial charge in [0.15, 0.2) is 0 Å². The van der Waals surface area contributed by atoms with Gasteiger partial charge in [-0.05, 0) is 56.4 Å². The lowest BCUT2D eigenvalue weighted by Gasteiger charge is -2.13. The average molecular weight is 386 g/mol. The third-order valence-corrected chi connectivity index (χ3v) is 5.97. The van der Waals surface area contributed by atoms with Crippen molar-refractivity contribution >= 4 is 39.6 Å². The molecule has 1 aromatic carbocycles. The summed E-state index contributed by atoms with van der Waals surface area (Å²) in [6.07, 6.45) is 1.95. The highest BCUT2D eigenvalue weighted by atomic mass is 79.9. The molecule has 120 valence electrons. The zero-order chi connectivity index (χ0) is 16.3. The minimum absolute atomic E-state index is 0.00181. The van der Waals surface area contributed by atoms with Crippen LogP contribution in [0, 0.1) is 19.8 Å². The van der Waals surface area contributed by atoms with Crippen molar-refractivity contribution in [2.24, 2.45) is 5.92 Å². The predicted octanol–water partition coefficient (Wildman–Crippen LogP) is 3.53. The fourth-order valence-corrected chi connectivity index (χ4v) is 4.03. The van der Waals surface area contributed by atoms with Gasteiger partial charge in [0.25, 0.3) is 0 Å². The van der Waals surface area contributed by atoms with Crippen LogP contribution in [0.3, 0.4) is 0 Å². The molecule has 0 heterocycles. The van der Waals surface area contributed by atoms with Crippen molar-refractivity contribution in [3.63, 3.8) is 0 Å². The lowest BCUT2D eigenvalue weighted by molar-refractivity contribution is -0.141. The number of benzene rings is 1. The molecule has 1 fully saturated rings. The van der Waals surface area contributed by atoms with E-state index in [9.17, 15) is 9.59 Å². The summed E-state index contributed by atoms with van der Waals surface area (Å²) in [6.45, 7) is 4.05. The molecular formula is C16H20BrNO3S. The molecule has 6 heteroatoms. The molecule has 0 saturated heterocycles. The van der Waals surface area contributed by atoms with Gasteiger partial charge in [-0.25, -0.2) is 0 Å². The molecule has 1 aliphatic carbocycles. The Kier molecular flexibility index (Phi) is 5.92. The Morgan fingerprint density at radius 1 is 1.32 bits per heavy atom. The van der Waals surface area contributed by atoms with Crippen LogP contribution in [0.1, 0.15) is 30.4 Å². The summed E-state index contributed by atoms with van der Waals surface area (Å²) in [7, 11) is 0. The number of thioether (sulfide) groups is 1. The first-order chi connectivity index (χ1) is 10.4. The second kappa shape index (κ2) is 7.51. The number of carboxylic acids is 1. The zero-order valence-electron chi connectivity index (χ0n) is 12.7. The number of hydrogen-bond acceptors (Lipinski definition) is 3. The third kappa shape index (κ3) is 4.49. The van der Waals surface area contributed by atoms with Gasteiger partial charge >= 0.3 is 5.97 Å². The zero-order valence-corrected chi connectivity index (χ0v) is 15.1. The van der Waals surface area contributed by atoms with E-state index in [1.54, 1.807) is 0 Å². The quantitative estimate of drug-likeness (QED) is 0.760. The Hall–Kier alpha value is -1.01. The number of halogens is 1. The van der Waals surface area contributed by atoms with Crippen molar-refractivity contribution in [3.05, 3.63) is 27.7 Å². The fourth-order valence-electron chi connectivity index (χ4n) is 2.66. The first-order valence-corrected chi connectivity index (χ1v) is 9.06. The van der Waals surface area contributed by atoms with E-state index in [0.717, 1.165) is 26.9 Å². The molecule has 0 unspecified atom stereocenters. The number of carbonyl (C=O) groups excluding carboxylic acids is 1. The fraction of sp³-hybridized carbons (Fsp3) is 0.500. The molecule has 0 aromatic heterocycles. The molecule has 2 atom stereocenters. The van der Waals surface area contributed by atoms with E-state index in [1.807, 2.05) is 13.8 Å². The molecule has 0 bridgehead atoms. The van der Waals surface area contributed by atoms with Gasteiger partial charge in [-0.3, -0.25) is 9.59 Å². The standard InChI is InChI=1S/C16H20BrNO3S/c1-9-6-14(10(2)5-13(9)17)22-8-15(19)18-12-4-3-11(7-12)16(20)21/h5-6,11-12H,3-4,7-8H2,1-2H3,(H,18,19)(H,20,21)/t11-,12-/m1/s1. The van der Waals surface area contributed by atoms with Gasteiger partial charge in [0.05, 0.1) is 11.7 Å². The number of aryl methyl sites for hydroxylation is 2. The summed E-state index contributed by atoms with van der Waals surface area (Å²) in [4.78, 5) is 24.0. The van der Waals surface area contributed by atoms with Gasteiger partial charge in [-0.1, -0.05) is 15.9 Å². The number of hydrogen-bond donors (Lipinski definition) is 2. The molecule has 1 saturated carbocycles. The van der Waals surface area contributed by atoms with Crippen molar-refractivity contribution in [1.29, 1.82) is 0 Å². The van der Waals surface area contributed by atoms with Crippen LogP contribution in [0.4, 0.5) is 0 Å². The van der Waals surface area contributed by atoms with Crippen LogP contribution in [0.25, 0.3) is 0 Å². The smallest absolute Gasteiger partial charge is 0.306 e. The van der Waals surface area contributed by atoms with Crippen LogP contribution in [-0.4, -0.2) is 28.8 Å². The maximum absolute atomic E-state index is 12.0. The molecule has 4 nitrogen and oxygen atoms in total. The minimum atomic E-state index is -0.757. The molecule has 2 N–H and O–H groups in total. The number of carbonyl (C=O) groups is 2. The Balaban J connectivity index is 1.84. The van der Waals surface area contributed by atoms with Crippen LogP contribution in [0.2, 0.25) is 0 Å². The molecule has 22 heavy (non-hydrogen) atoms. The summed E-state index contributed by atoms with van der Waals surface area (Å²) in [6, 6.07) is 4.14. The Bertz CT molecular complexity index is 591. The van der Waals surface area contributed by atoms with Crippen LogP contribution < -0.4 is 5.32 Å². The topological polar surface area (TPSA) is 66.4 Å². The van der Waals surface area contributed by atoms with Crippen molar-refractivity contribution in [2.45, 2.75) is 44.0 Å². The van der Waals surface area contributed by atoms with Crippen LogP contribution >= 0.6 is 27.7 Å². The summed E-state index contributed by atoms with van der Waals surface area (Å²) in [5, 5.41) is 11.9. The molecular weight excluding hydrogens is 366 g/mol. The monoisotopic (exact) mass is 385 g/mol. The van der Waals surface area contributed by atoms with Crippen LogP contribution in [0.15, 0.2) is 21.5 Å². The van der Waals surface area contributed by atoms with Gasteiger partial charge in [-0.15, -0.1) is 11.8 Å². The van der Waals surface area contributed by atoms with Gasteiger partial charge in [0, 0.05) is 15.4 Å². The van der Waals surface area contributed by atoms with Gasteiger partial charge in [-0.2, -0.15) is 0 Å². The van der Waals surface area contributed by atoms with E-state index < -0.39 is 5.97 Å². The largest absolute Gasteiger partial charge is 0.481 e. The van der Waals surface area contributed by atoms with E-state index in [-0.39, 0.29) is 17.9 Å². The summed E-state index contributed by atoms with van der Waals surface area (Å²) in [5.41, 5.74) is 2.29. The van der Waals surface area contributed by atoms with Crippen LogP contribution in [0.5, 0.6) is 0 Å². The third-order valence-electron chi connectivity index (χ3n) is 3.96. The number of rotatable bonds is 5. The second-order valence-electron chi connectivity index (χ2n) is 5.77. The molecule has 2 rings (SSSR count). The number of aliphatic carboxylic acids is 1. The number of carboxylic acid groups (broad SMARTS) is 1. The van der Waals surface area contributed by atoms with Gasteiger partial charge in [0.1, 0.15) is 0 Å². The SMILES string of the molecule is Cc1cc(SCC(=O)N[C@@H]2CC[C@@H](C(=O)O)C2)c(C)cc1Br. The highest BCUT2D eigenvalue weighted by Gasteiger charge is 2.30. The second-order valence-corrected chi connectivity index (χ2v) is 7.64. The first-order valence-electron chi connectivity index (χ1n) is 7.28. The van der Waals surface area contributed by atoms with Crippen molar-refractivity contribution in [1.82, 2.24) is 5.32 Å². The van der Waals surface area contributed by atoms with Gasteiger partial charge in [0.2, 0.25) is 5.91 Å². The lowest BCUT2D eigenvalue weighted by Crippen LogP contribution is -2.34. The summed E-state index contributed by atoms with van der Waals surface area (Å²) >= 11 is 5.02. The number of amides is 1. The summed E-state index contributed by atoms with van der Waals surface area (Å²) < 4.78 is 1.07. The normalized spacial score (nSPS) is 20.9. The van der Waals surface area contributed by atoms with Gasteiger partial charge < -0.3 is 10.4 Å². The Morgan fingerprint density at radius 3 is 2.68 bits per heavy atom. The summed E-state index contributed by atoms with van der Waals surface area (Å²) in [5.74, 6) is -0.738. The molecule has 1 aromatic rings. The number of nitrogens with one attached hydrogen (secondary N) is 1. The minimum Gasteiger partial charge on any atom is -0.481 e. The van der Waals surface area contributed by atoms with Crippen molar-refractivity contribution in [3.8, 4) is 0 Å². The van der Waals surface area contributed by atoms with E-state index in [4.69, 9.17) is 5.11 Å². The van der Waals surface area contributed by atoms with E-state index >= 15 is 0 Å². The van der Waals surface area contributed by atoms with Crippen molar-refractivity contribution in [2.75, 3.05) is 5.75 Å². The Morgan fingerprint density at radius 2 is 2.05 bits per heavy atom. The molecule has 0 spiro atoms. The average Bonchev–Trinajstić information content (AvgIpc) is 2.90. The van der Waals surface area contributed by atoms with E-state index in [1.165, 1.54) is 11.8 Å². The Labute approximate surface area is 143 Å². The highest BCUT2D eigenvalue weighted by molar-refractivity contribution is 9.10. The molecule has 1 amide bonds.